The van der Waals surface area contributed by atoms with Crippen LogP contribution in [0.4, 0.5) is 0 Å². The van der Waals surface area contributed by atoms with Gasteiger partial charge in [-0.3, -0.25) is 14.4 Å². The predicted molar refractivity (Wildman–Crippen MR) is 211 cm³/mol. The molecule has 5 aliphatic carbocycles. The summed E-state index contributed by atoms with van der Waals surface area (Å²) in [6.45, 7) is 15.0. The Hall–Kier alpha value is -4.20. The quantitative estimate of drug-likeness (QED) is 0.219. The summed E-state index contributed by atoms with van der Waals surface area (Å²) in [5, 5.41) is 0. The van der Waals surface area contributed by atoms with Gasteiger partial charge in [-0.15, -0.1) is 0 Å². The van der Waals surface area contributed by atoms with E-state index in [-0.39, 0.29) is 64.1 Å². The fourth-order valence-electron chi connectivity index (χ4n) is 13.0. The van der Waals surface area contributed by atoms with E-state index in [4.69, 9.17) is 18.3 Å². The number of carbonyl (C=O) groups is 3. The second-order valence-corrected chi connectivity index (χ2v) is 19.6. The molecule has 0 N–H and O–H groups in total. The summed E-state index contributed by atoms with van der Waals surface area (Å²) in [5.41, 5.74) is 0.630. The summed E-state index contributed by atoms with van der Waals surface area (Å²) in [4.78, 5) is 55.2. The van der Waals surface area contributed by atoms with Crippen LogP contribution in [-0.2, 0) is 30.5 Å². The number of rotatable bonds is 7. The number of allylic oxidation sites excluding steroid dienone is 2. The van der Waals surface area contributed by atoms with Gasteiger partial charge in [0.1, 0.15) is 0 Å². The minimum absolute atomic E-state index is 0.0202. The number of ketones is 1. The zero-order valence-corrected chi connectivity index (χ0v) is 34.2. The highest BCUT2D eigenvalue weighted by Crippen LogP contribution is 2.75. The molecule has 0 spiro atoms. The van der Waals surface area contributed by atoms with E-state index in [1.807, 2.05) is 73.7 Å². The molecule has 4 saturated carbocycles. The van der Waals surface area contributed by atoms with Crippen LogP contribution in [-0.4, -0.2) is 17.7 Å². The van der Waals surface area contributed by atoms with Crippen molar-refractivity contribution in [2.45, 2.75) is 125 Å². The molecule has 8 rings (SSSR count). The summed E-state index contributed by atoms with van der Waals surface area (Å²) in [6, 6.07) is 19.9. The lowest BCUT2D eigenvalue weighted by Crippen LogP contribution is -2.66. The fourth-order valence-corrected chi connectivity index (χ4v) is 13.0. The van der Waals surface area contributed by atoms with Gasteiger partial charge >= 0.3 is 17.8 Å². The third-order valence-electron chi connectivity index (χ3n) is 16.6. The molecule has 3 aromatic rings. The zero-order chi connectivity index (χ0) is 39.9. The normalized spacial score (nSPS) is 37.7. The van der Waals surface area contributed by atoms with Gasteiger partial charge in [-0.25, -0.2) is 4.79 Å². The maximum absolute atomic E-state index is 15.0. The van der Waals surface area contributed by atoms with Crippen molar-refractivity contribution in [1.29, 1.82) is 0 Å². The smallest absolute Gasteiger partial charge is 0.457 e. The number of esters is 2. The van der Waals surface area contributed by atoms with E-state index in [2.05, 4.69) is 34.6 Å². The summed E-state index contributed by atoms with van der Waals surface area (Å²) < 4.78 is 22.5. The van der Waals surface area contributed by atoms with E-state index >= 15 is 4.79 Å². The van der Waals surface area contributed by atoms with Crippen molar-refractivity contribution in [1.82, 2.24) is 0 Å². The van der Waals surface area contributed by atoms with Gasteiger partial charge in [-0.2, -0.15) is 0 Å². The number of carbonyl (C=O) groups excluding carboxylic acids is 3. The average Bonchev–Trinajstić information content (AvgIpc) is 3.50. The van der Waals surface area contributed by atoms with Gasteiger partial charge in [0.05, 0.1) is 10.8 Å². The first-order chi connectivity index (χ1) is 26.5. The van der Waals surface area contributed by atoms with Crippen LogP contribution in [0.5, 0.6) is 0 Å². The molecule has 0 aliphatic heterocycles. The Balaban J connectivity index is 1.09. The molecule has 9 atom stereocenters. The lowest BCUT2D eigenvalue weighted by Gasteiger charge is -2.70. The van der Waals surface area contributed by atoms with Crippen molar-refractivity contribution in [3.8, 4) is 0 Å². The summed E-state index contributed by atoms with van der Waals surface area (Å²) in [7, 11) is 0. The van der Waals surface area contributed by atoms with E-state index < -0.39 is 28.2 Å². The molecule has 298 valence electrons. The van der Waals surface area contributed by atoms with Crippen LogP contribution in [0.1, 0.15) is 135 Å². The van der Waals surface area contributed by atoms with Crippen molar-refractivity contribution >= 4 is 17.7 Å². The molecule has 0 amide bonds. The molecule has 0 radical (unpaired) electrons. The lowest BCUT2D eigenvalue weighted by molar-refractivity contribution is -0.201. The molecule has 1 heterocycles. The fraction of sp³-hybridized carbons (Fsp3) is 0.583. The Morgan fingerprint density at radius 1 is 0.786 bits per heavy atom. The maximum atomic E-state index is 15.0. The Labute approximate surface area is 330 Å². The van der Waals surface area contributed by atoms with Crippen LogP contribution < -0.4 is 5.82 Å². The molecule has 2 aromatic carbocycles. The molecule has 8 heteroatoms. The Kier molecular flexibility index (Phi) is 9.28. The van der Waals surface area contributed by atoms with Crippen molar-refractivity contribution in [3.05, 3.63) is 106 Å². The number of hydrogen-bond donors (Lipinski definition) is 0. The summed E-state index contributed by atoms with van der Waals surface area (Å²) in [5.74, 6) is -0.813. The molecule has 8 nitrogen and oxygen atoms in total. The van der Waals surface area contributed by atoms with E-state index in [0.29, 0.717) is 18.6 Å². The topological polar surface area (TPSA) is 113 Å². The van der Waals surface area contributed by atoms with Crippen LogP contribution in [0.2, 0.25) is 0 Å². The predicted octanol–water partition coefficient (Wildman–Crippen LogP) is 10.3. The highest BCUT2D eigenvalue weighted by molar-refractivity contribution is 5.96. The first kappa shape index (κ1) is 38.7. The first-order valence-electron chi connectivity index (χ1n) is 20.8. The third-order valence-corrected chi connectivity index (χ3v) is 16.6. The van der Waals surface area contributed by atoms with Crippen molar-refractivity contribution in [2.75, 3.05) is 0 Å². The minimum atomic E-state index is -0.811. The molecule has 0 unspecified atom stereocenters. The summed E-state index contributed by atoms with van der Waals surface area (Å²) in [6.07, 6.45) is 9.85. The standard InChI is InChI=1S/C48H58O8/c1-30-36(55-42(52)54-30)29-53-41(51)46(5)21-14-20-45(4)37(46)19-22-48(7)39(45)35(49)27-33-34-28-44(3,24-23-43(34,2)25-26-47(33,48)6)40(50)56-38(31-15-10-8-11-16-31)32-17-12-9-13-18-32/h8-13,15-18,27,34,37-39H,14,19-26,28-29H2,1-7H3/t34-,37+,39+,43+,44-,45-,46+,47+,48+/m0/s1. The molecule has 0 saturated heterocycles. The maximum Gasteiger partial charge on any atom is 0.519 e. The minimum Gasteiger partial charge on any atom is -0.457 e. The monoisotopic (exact) mass is 762 g/mol. The molecule has 0 bridgehead atoms. The Bertz CT molecular complexity index is 2070. The van der Waals surface area contributed by atoms with Gasteiger partial charge in [0, 0.05) is 5.92 Å². The average molecular weight is 763 g/mol. The van der Waals surface area contributed by atoms with Crippen LogP contribution in [0.25, 0.3) is 0 Å². The number of fused-ring (bicyclic) bond motifs is 7. The van der Waals surface area contributed by atoms with E-state index in [9.17, 15) is 14.4 Å². The molecule has 5 aliphatic rings. The van der Waals surface area contributed by atoms with Crippen molar-refractivity contribution in [3.63, 3.8) is 0 Å². The second-order valence-electron chi connectivity index (χ2n) is 19.6. The number of ether oxygens (including phenoxy) is 2. The summed E-state index contributed by atoms with van der Waals surface area (Å²) >= 11 is 0. The largest absolute Gasteiger partial charge is 0.519 e. The van der Waals surface area contributed by atoms with E-state index in [1.54, 1.807) is 6.92 Å². The molecule has 56 heavy (non-hydrogen) atoms. The van der Waals surface area contributed by atoms with Crippen molar-refractivity contribution < 1.29 is 32.7 Å². The van der Waals surface area contributed by atoms with Crippen LogP contribution in [0.3, 0.4) is 0 Å². The van der Waals surface area contributed by atoms with E-state index in [1.165, 1.54) is 5.57 Å². The molecular formula is C48H58O8. The third kappa shape index (κ3) is 5.82. The Morgan fingerprint density at radius 2 is 1.43 bits per heavy atom. The van der Waals surface area contributed by atoms with Gasteiger partial charge < -0.3 is 18.3 Å². The Morgan fingerprint density at radius 3 is 2.05 bits per heavy atom. The number of aryl methyl sites for hydroxylation is 1. The molecular weight excluding hydrogens is 705 g/mol. The van der Waals surface area contributed by atoms with Crippen molar-refractivity contribution in [2.24, 2.45) is 50.2 Å². The van der Waals surface area contributed by atoms with Gasteiger partial charge in [0.2, 0.25) is 0 Å². The molecule has 4 fully saturated rings. The van der Waals surface area contributed by atoms with E-state index in [0.717, 1.165) is 62.5 Å². The van der Waals surface area contributed by atoms with Gasteiger partial charge in [-0.1, -0.05) is 100 Å². The number of hydrogen-bond acceptors (Lipinski definition) is 8. The second kappa shape index (κ2) is 13.4. The van der Waals surface area contributed by atoms with Crippen LogP contribution in [0.15, 0.2) is 85.9 Å². The van der Waals surface area contributed by atoms with Crippen LogP contribution >= 0.6 is 0 Å². The van der Waals surface area contributed by atoms with Gasteiger partial charge in [0.25, 0.3) is 0 Å². The van der Waals surface area contributed by atoms with Crippen LogP contribution in [0, 0.1) is 57.2 Å². The highest BCUT2D eigenvalue weighted by atomic mass is 16.6. The van der Waals surface area contributed by atoms with Gasteiger partial charge in [-0.05, 0) is 129 Å². The number of benzene rings is 2. The zero-order valence-electron chi connectivity index (χ0n) is 34.2. The highest BCUT2D eigenvalue weighted by Gasteiger charge is 2.71. The SMILES string of the molecule is Cc1oc(=O)oc1COC(=O)[C@]1(C)CCC[C@@]2(C)[C@H]1CC[C@]1(C)[C@@H]2C(=O)C=C2[C@@H]3C[C@@](C)(C(=O)OC(c4ccccc4)c4ccccc4)CC[C@]3(C)CC[C@]21C. The van der Waals surface area contributed by atoms with Gasteiger partial charge in [0.15, 0.2) is 30.0 Å². The first-order valence-corrected chi connectivity index (χ1v) is 20.8. The lowest BCUT2D eigenvalue weighted by atomic mass is 9.33. The molecule has 1 aromatic heterocycles.